The molecule has 0 bridgehead atoms. The fraction of sp³-hybridized carbons (Fsp3) is 0.150. The van der Waals surface area contributed by atoms with Gasteiger partial charge in [0.05, 0.1) is 12.9 Å². The van der Waals surface area contributed by atoms with Crippen LogP contribution in [0, 0.1) is 5.82 Å². The van der Waals surface area contributed by atoms with E-state index >= 15 is 0 Å². The van der Waals surface area contributed by atoms with Crippen LogP contribution in [0.25, 0.3) is 5.78 Å². The van der Waals surface area contributed by atoms with E-state index in [0.29, 0.717) is 17.3 Å². The molecule has 158 valence electrons. The third kappa shape index (κ3) is 4.89. The van der Waals surface area contributed by atoms with Crippen molar-refractivity contribution in [2.24, 2.45) is 0 Å². The molecule has 2 N–H and O–H groups in total. The molecule has 2 aromatic carbocycles. The number of ether oxygens (including phenoxy) is 1. The zero-order valence-corrected chi connectivity index (χ0v) is 17.1. The maximum atomic E-state index is 13.0. The summed E-state index contributed by atoms with van der Waals surface area (Å²) in [5.41, 5.74) is 1.30. The lowest BCUT2D eigenvalue weighted by molar-refractivity contribution is -0.113. The van der Waals surface area contributed by atoms with E-state index in [1.165, 1.54) is 28.8 Å². The van der Waals surface area contributed by atoms with Crippen molar-refractivity contribution in [1.82, 2.24) is 24.8 Å². The molecule has 4 aromatic rings. The minimum atomic E-state index is -0.382. The van der Waals surface area contributed by atoms with Gasteiger partial charge in [-0.2, -0.15) is 9.61 Å². The number of carbonyl (C=O) groups excluding carboxylic acids is 1. The Bertz CT molecular complexity index is 1270. The van der Waals surface area contributed by atoms with Crippen molar-refractivity contribution in [3.63, 3.8) is 0 Å². The van der Waals surface area contributed by atoms with E-state index in [4.69, 9.17) is 4.74 Å². The smallest absolute Gasteiger partial charge is 0.274 e. The number of carbonyl (C=O) groups is 1. The molecule has 0 saturated carbocycles. The molecule has 0 aliphatic carbocycles. The van der Waals surface area contributed by atoms with Gasteiger partial charge < -0.3 is 10.1 Å². The fourth-order valence-corrected chi connectivity index (χ4v) is 3.46. The summed E-state index contributed by atoms with van der Waals surface area (Å²) in [6, 6.07) is 12.8. The molecule has 0 unspecified atom stereocenters. The number of H-pyrrole nitrogens is 1. The van der Waals surface area contributed by atoms with E-state index in [1.807, 2.05) is 24.3 Å². The van der Waals surface area contributed by atoms with E-state index < -0.39 is 0 Å². The highest BCUT2D eigenvalue weighted by atomic mass is 32.2. The Kier molecular flexibility index (Phi) is 5.94. The van der Waals surface area contributed by atoms with E-state index in [2.05, 4.69) is 25.6 Å². The van der Waals surface area contributed by atoms with Crippen molar-refractivity contribution >= 4 is 29.1 Å². The minimum absolute atomic E-state index is 0.0345. The average Bonchev–Trinajstić information content (AvgIpc) is 3.16. The first-order valence-corrected chi connectivity index (χ1v) is 10.2. The van der Waals surface area contributed by atoms with Crippen molar-refractivity contribution in [2.75, 3.05) is 18.2 Å². The number of thioether (sulfide) groups is 1. The van der Waals surface area contributed by atoms with Crippen LogP contribution < -0.4 is 15.6 Å². The van der Waals surface area contributed by atoms with Crippen molar-refractivity contribution in [3.05, 3.63) is 76.0 Å². The monoisotopic (exact) mass is 440 g/mol. The number of anilines is 1. The summed E-state index contributed by atoms with van der Waals surface area (Å²) in [5, 5.41) is 15.3. The molecule has 1 amide bonds. The van der Waals surface area contributed by atoms with Gasteiger partial charge >= 0.3 is 0 Å². The molecule has 0 fully saturated rings. The standard InChI is InChI=1S/C20H17FN6O3S/c1-30-15-8-2-12(3-9-15)10-16-18(29)23-19-24-25-20(27(19)26-16)31-11-17(28)22-14-6-4-13(21)5-7-14/h2-9H,10-11H2,1H3,(H,22,28)(H,23,24,29). The van der Waals surface area contributed by atoms with Gasteiger partial charge in [0.1, 0.15) is 17.3 Å². The van der Waals surface area contributed by atoms with Gasteiger partial charge in [-0.15, -0.1) is 10.2 Å². The summed E-state index contributed by atoms with van der Waals surface area (Å²) in [6.45, 7) is 0. The van der Waals surface area contributed by atoms with E-state index in [1.54, 1.807) is 7.11 Å². The normalized spacial score (nSPS) is 10.9. The zero-order chi connectivity index (χ0) is 21.8. The number of amides is 1. The van der Waals surface area contributed by atoms with Gasteiger partial charge in [-0.25, -0.2) is 4.39 Å². The highest BCUT2D eigenvalue weighted by Crippen LogP contribution is 2.17. The third-order valence-corrected chi connectivity index (χ3v) is 5.23. The Labute approximate surface area is 179 Å². The summed E-state index contributed by atoms with van der Waals surface area (Å²) in [6.07, 6.45) is 0.308. The molecule has 2 heterocycles. The second kappa shape index (κ2) is 8.96. The number of nitrogens with one attached hydrogen (secondary N) is 2. The Hall–Kier alpha value is -3.73. The summed E-state index contributed by atoms with van der Waals surface area (Å²) >= 11 is 1.12. The summed E-state index contributed by atoms with van der Waals surface area (Å²) in [4.78, 5) is 27.2. The van der Waals surface area contributed by atoms with Crippen LogP contribution in [0.4, 0.5) is 10.1 Å². The van der Waals surface area contributed by atoms with Gasteiger partial charge in [0.15, 0.2) is 0 Å². The van der Waals surface area contributed by atoms with Crippen LogP contribution in [0.5, 0.6) is 5.75 Å². The maximum absolute atomic E-state index is 13.0. The van der Waals surface area contributed by atoms with Gasteiger partial charge in [0, 0.05) is 12.1 Å². The number of aromatic nitrogens is 5. The van der Waals surface area contributed by atoms with Crippen molar-refractivity contribution in [1.29, 1.82) is 0 Å². The molecule has 0 spiro atoms. The summed E-state index contributed by atoms with van der Waals surface area (Å²) < 4.78 is 19.5. The predicted molar refractivity (Wildman–Crippen MR) is 113 cm³/mol. The van der Waals surface area contributed by atoms with Crippen LogP contribution in [0.15, 0.2) is 58.5 Å². The number of nitrogens with zero attached hydrogens (tertiary/aromatic N) is 4. The topological polar surface area (TPSA) is 114 Å². The summed E-state index contributed by atoms with van der Waals surface area (Å²) in [7, 11) is 1.58. The van der Waals surface area contributed by atoms with Gasteiger partial charge in [-0.3, -0.25) is 14.6 Å². The number of fused-ring (bicyclic) bond motifs is 1. The molecular formula is C20H17FN6O3S. The van der Waals surface area contributed by atoms with E-state index in [-0.39, 0.29) is 34.5 Å². The zero-order valence-electron chi connectivity index (χ0n) is 16.3. The van der Waals surface area contributed by atoms with Gasteiger partial charge in [-0.1, -0.05) is 23.9 Å². The molecular weight excluding hydrogens is 423 g/mol. The molecule has 2 aromatic heterocycles. The number of halogens is 1. The molecule has 11 heteroatoms. The molecule has 0 atom stereocenters. The fourth-order valence-electron chi connectivity index (χ4n) is 2.78. The molecule has 0 saturated heterocycles. The lowest BCUT2D eigenvalue weighted by atomic mass is 10.1. The second-order valence-corrected chi connectivity index (χ2v) is 7.43. The quantitative estimate of drug-likeness (QED) is 0.424. The van der Waals surface area contributed by atoms with Crippen molar-refractivity contribution < 1.29 is 13.9 Å². The molecule has 0 aliphatic heterocycles. The number of benzene rings is 2. The largest absolute Gasteiger partial charge is 0.497 e. The highest BCUT2D eigenvalue weighted by Gasteiger charge is 2.14. The van der Waals surface area contributed by atoms with Crippen LogP contribution >= 0.6 is 11.8 Å². The first-order valence-electron chi connectivity index (χ1n) is 9.17. The molecule has 0 aliphatic rings. The Morgan fingerprint density at radius 1 is 1.16 bits per heavy atom. The molecule has 9 nitrogen and oxygen atoms in total. The predicted octanol–water partition coefficient (Wildman–Crippen LogP) is 2.28. The Morgan fingerprint density at radius 2 is 1.90 bits per heavy atom. The molecule has 0 radical (unpaired) electrons. The Morgan fingerprint density at radius 3 is 2.61 bits per heavy atom. The van der Waals surface area contributed by atoms with Gasteiger partial charge in [0.25, 0.3) is 11.3 Å². The van der Waals surface area contributed by atoms with E-state index in [0.717, 1.165) is 23.1 Å². The van der Waals surface area contributed by atoms with Crippen LogP contribution in [-0.4, -0.2) is 43.6 Å². The Balaban J connectivity index is 1.48. The molecule has 31 heavy (non-hydrogen) atoms. The number of hydrogen-bond acceptors (Lipinski definition) is 7. The average molecular weight is 440 g/mol. The second-order valence-electron chi connectivity index (χ2n) is 6.49. The number of aromatic amines is 1. The van der Waals surface area contributed by atoms with Crippen LogP contribution in [0.1, 0.15) is 11.3 Å². The maximum Gasteiger partial charge on any atom is 0.274 e. The summed E-state index contributed by atoms with van der Waals surface area (Å²) in [5.74, 6) is 0.263. The number of methoxy groups -OCH3 is 1. The molecule has 4 rings (SSSR count). The van der Waals surface area contributed by atoms with E-state index in [9.17, 15) is 14.0 Å². The lowest BCUT2D eigenvalue weighted by Gasteiger charge is -2.05. The van der Waals surface area contributed by atoms with Crippen molar-refractivity contribution in [2.45, 2.75) is 11.6 Å². The van der Waals surface area contributed by atoms with Crippen LogP contribution in [0.3, 0.4) is 0 Å². The van der Waals surface area contributed by atoms with Crippen LogP contribution in [0.2, 0.25) is 0 Å². The van der Waals surface area contributed by atoms with Crippen molar-refractivity contribution in [3.8, 4) is 5.75 Å². The van der Waals surface area contributed by atoms with Gasteiger partial charge in [-0.05, 0) is 42.0 Å². The minimum Gasteiger partial charge on any atom is -0.497 e. The van der Waals surface area contributed by atoms with Crippen LogP contribution in [-0.2, 0) is 11.2 Å². The lowest BCUT2D eigenvalue weighted by Crippen LogP contribution is -2.19. The SMILES string of the molecule is COc1ccc(Cc2nn3c(SCC(=O)Nc4ccc(F)cc4)nnc3[nH]c2=O)cc1. The third-order valence-electron chi connectivity index (χ3n) is 4.31. The first-order chi connectivity index (χ1) is 15.0. The van der Waals surface area contributed by atoms with Gasteiger partial charge in [0.2, 0.25) is 11.1 Å². The number of rotatable bonds is 7. The number of hydrogen-bond donors (Lipinski definition) is 2. The highest BCUT2D eigenvalue weighted by molar-refractivity contribution is 7.99. The first kappa shape index (κ1) is 20.5.